The van der Waals surface area contributed by atoms with E-state index in [1.807, 2.05) is 31.2 Å². The largest absolute Gasteiger partial charge is 0.464 e. The third kappa shape index (κ3) is 3.10. The minimum absolute atomic E-state index is 0.0203. The smallest absolute Gasteiger partial charge is 0.189 e. The summed E-state index contributed by atoms with van der Waals surface area (Å²) in [4.78, 5) is 0. The predicted molar refractivity (Wildman–Crippen MR) is 94.4 cm³/mol. The maximum absolute atomic E-state index is 14.7. The first-order valence-corrected chi connectivity index (χ1v) is 7.68. The van der Waals surface area contributed by atoms with Crippen LogP contribution < -0.4 is 10.5 Å². The molecule has 5 nitrogen and oxygen atoms in total. The molecule has 0 unspecified atom stereocenters. The van der Waals surface area contributed by atoms with Crippen LogP contribution in [-0.4, -0.2) is 23.6 Å². The number of rotatable bonds is 5. The van der Waals surface area contributed by atoms with Gasteiger partial charge in [-0.1, -0.05) is 30.2 Å². The molecule has 3 aromatic rings. The monoisotopic (exact) mass is 337 g/mol. The van der Waals surface area contributed by atoms with Gasteiger partial charge >= 0.3 is 0 Å². The van der Waals surface area contributed by atoms with Crippen molar-refractivity contribution in [2.45, 2.75) is 6.92 Å². The van der Waals surface area contributed by atoms with E-state index in [1.165, 1.54) is 6.07 Å². The molecule has 2 aromatic carbocycles. The molecule has 1 aromatic heterocycles. The SMILES string of the molecule is C#Cc1ccc(-c2nnc(N)c3ccccc23)c(OCOCC)c1F. The lowest BCUT2D eigenvalue weighted by molar-refractivity contribution is 0.0204. The highest BCUT2D eigenvalue weighted by molar-refractivity contribution is 6.00. The number of nitrogen functional groups attached to an aromatic ring is 1. The number of terminal acetylenes is 1. The second-order valence-corrected chi connectivity index (χ2v) is 5.18. The second kappa shape index (κ2) is 7.16. The number of nitrogens with two attached hydrogens (primary N) is 1. The summed E-state index contributed by atoms with van der Waals surface area (Å²) in [5.74, 6) is 1.94. The number of ether oxygens (including phenoxy) is 2. The first kappa shape index (κ1) is 16.7. The second-order valence-electron chi connectivity index (χ2n) is 5.18. The number of aromatic nitrogens is 2. The van der Waals surface area contributed by atoms with Crippen LogP contribution in [0.4, 0.5) is 10.2 Å². The van der Waals surface area contributed by atoms with Gasteiger partial charge in [-0.3, -0.25) is 0 Å². The fraction of sp³-hybridized carbons (Fsp3) is 0.158. The molecule has 25 heavy (non-hydrogen) atoms. The number of anilines is 1. The van der Waals surface area contributed by atoms with Gasteiger partial charge in [0.25, 0.3) is 0 Å². The standard InChI is InChI=1S/C19H16FN3O2/c1-3-12-9-10-15(18(16(12)20)25-11-24-4-2)17-13-7-5-6-8-14(13)19(21)23-22-17/h1,5-10H,4,11H2,2H3,(H2,21,23). The van der Waals surface area contributed by atoms with E-state index in [0.717, 1.165) is 10.8 Å². The third-order valence-electron chi connectivity index (χ3n) is 3.71. The van der Waals surface area contributed by atoms with Gasteiger partial charge in [-0.05, 0) is 19.1 Å². The molecule has 2 N–H and O–H groups in total. The molecule has 0 radical (unpaired) electrons. The van der Waals surface area contributed by atoms with E-state index in [4.69, 9.17) is 21.6 Å². The molecule has 0 amide bonds. The average Bonchev–Trinajstić information content (AvgIpc) is 2.64. The minimum atomic E-state index is -0.637. The van der Waals surface area contributed by atoms with E-state index in [1.54, 1.807) is 6.07 Å². The van der Waals surface area contributed by atoms with Crippen molar-refractivity contribution in [1.82, 2.24) is 10.2 Å². The van der Waals surface area contributed by atoms with Gasteiger partial charge in [0.1, 0.15) is 5.69 Å². The third-order valence-corrected chi connectivity index (χ3v) is 3.71. The van der Waals surface area contributed by atoms with Crippen molar-refractivity contribution in [1.29, 1.82) is 0 Å². The lowest BCUT2D eigenvalue weighted by Gasteiger charge is -2.14. The Balaban J connectivity index is 2.22. The molecule has 0 aliphatic rings. The van der Waals surface area contributed by atoms with E-state index < -0.39 is 5.82 Å². The molecule has 6 heteroatoms. The molecule has 1 heterocycles. The average molecular weight is 337 g/mol. The number of benzene rings is 2. The molecule has 126 valence electrons. The van der Waals surface area contributed by atoms with Crippen molar-refractivity contribution in [2.24, 2.45) is 0 Å². The van der Waals surface area contributed by atoms with Crippen molar-refractivity contribution in [2.75, 3.05) is 19.1 Å². The maximum atomic E-state index is 14.7. The van der Waals surface area contributed by atoms with E-state index in [-0.39, 0.29) is 18.1 Å². The highest BCUT2D eigenvalue weighted by atomic mass is 19.1. The van der Waals surface area contributed by atoms with Crippen molar-refractivity contribution in [3.63, 3.8) is 0 Å². The Bertz CT molecular complexity index is 967. The minimum Gasteiger partial charge on any atom is -0.464 e. The summed E-state index contributed by atoms with van der Waals surface area (Å²) in [7, 11) is 0. The number of halogens is 1. The summed E-state index contributed by atoms with van der Waals surface area (Å²) in [6.07, 6.45) is 5.35. The predicted octanol–water partition coefficient (Wildman–Crippen LogP) is 3.37. The molecular weight excluding hydrogens is 321 g/mol. The van der Waals surface area contributed by atoms with Gasteiger partial charge in [-0.25, -0.2) is 4.39 Å². The highest BCUT2D eigenvalue weighted by Gasteiger charge is 2.19. The van der Waals surface area contributed by atoms with Crippen LogP contribution in [0.25, 0.3) is 22.0 Å². The Labute approximate surface area is 144 Å². The molecule has 0 fully saturated rings. The number of nitrogens with zero attached hydrogens (tertiary/aromatic N) is 2. The zero-order chi connectivity index (χ0) is 17.8. The summed E-state index contributed by atoms with van der Waals surface area (Å²) in [6.45, 7) is 2.16. The van der Waals surface area contributed by atoms with Crippen LogP contribution in [0.5, 0.6) is 5.75 Å². The first-order valence-electron chi connectivity index (χ1n) is 7.68. The highest BCUT2D eigenvalue weighted by Crippen LogP contribution is 2.37. The van der Waals surface area contributed by atoms with E-state index in [9.17, 15) is 4.39 Å². The lowest BCUT2D eigenvalue weighted by atomic mass is 10.0. The fourth-order valence-corrected chi connectivity index (χ4v) is 2.50. The summed E-state index contributed by atoms with van der Waals surface area (Å²) in [6, 6.07) is 10.5. The fourth-order valence-electron chi connectivity index (χ4n) is 2.50. The van der Waals surface area contributed by atoms with Crippen LogP contribution >= 0.6 is 0 Å². The van der Waals surface area contributed by atoms with Gasteiger partial charge in [0.15, 0.2) is 24.2 Å². The molecule has 0 bridgehead atoms. The van der Waals surface area contributed by atoms with E-state index >= 15 is 0 Å². The van der Waals surface area contributed by atoms with Gasteiger partial charge in [0.05, 0.1) is 5.56 Å². The number of hydrogen-bond acceptors (Lipinski definition) is 5. The Kier molecular flexibility index (Phi) is 4.78. The first-order chi connectivity index (χ1) is 12.2. The molecular formula is C19H16FN3O2. The van der Waals surface area contributed by atoms with Gasteiger partial charge < -0.3 is 15.2 Å². The Morgan fingerprint density at radius 2 is 1.92 bits per heavy atom. The van der Waals surface area contributed by atoms with Crippen LogP contribution in [0, 0.1) is 18.2 Å². The summed E-state index contributed by atoms with van der Waals surface area (Å²) >= 11 is 0. The summed E-state index contributed by atoms with van der Waals surface area (Å²) in [5, 5.41) is 9.59. The van der Waals surface area contributed by atoms with Crippen LogP contribution in [0.15, 0.2) is 36.4 Å². The van der Waals surface area contributed by atoms with Gasteiger partial charge in [0.2, 0.25) is 0 Å². The van der Waals surface area contributed by atoms with Crippen molar-refractivity contribution >= 4 is 16.6 Å². The topological polar surface area (TPSA) is 70.3 Å². The van der Waals surface area contributed by atoms with Crippen molar-refractivity contribution in [3.8, 4) is 29.4 Å². The van der Waals surface area contributed by atoms with Gasteiger partial charge in [-0.15, -0.1) is 16.6 Å². The van der Waals surface area contributed by atoms with Crippen LogP contribution in [-0.2, 0) is 4.74 Å². The van der Waals surface area contributed by atoms with Crippen molar-refractivity contribution < 1.29 is 13.9 Å². The Hall–Kier alpha value is -3.17. The lowest BCUT2D eigenvalue weighted by Crippen LogP contribution is -2.07. The van der Waals surface area contributed by atoms with Gasteiger partial charge in [-0.2, -0.15) is 0 Å². The van der Waals surface area contributed by atoms with Crippen LogP contribution in [0.1, 0.15) is 12.5 Å². The Morgan fingerprint density at radius 3 is 2.64 bits per heavy atom. The Morgan fingerprint density at radius 1 is 1.16 bits per heavy atom. The summed E-state index contributed by atoms with van der Waals surface area (Å²) < 4.78 is 25.4. The molecule has 0 saturated heterocycles. The zero-order valence-corrected chi connectivity index (χ0v) is 13.6. The van der Waals surface area contributed by atoms with E-state index in [0.29, 0.717) is 23.7 Å². The summed E-state index contributed by atoms with van der Waals surface area (Å²) in [5.41, 5.74) is 6.88. The maximum Gasteiger partial charge on any atom is 0.189 e. The van der Waals surface area contributed by atoms with Crippen molar-refractivity contribution in [3.05, 3.63) is 47.8 Å². The zero-order valence-electron chi connectivity index (χ0n) is 13.6. The quantitative estimate of drug-likeness (QED) is 0.439. The van der Waals surface area contributed by atoms with Crippen LogP contribution in [0.3, 0.4) is 0 Å². The molecule has 0 aliphatic carbocycles. The molecule has 0 aliphatic heterocycles. The molecule has 0 spiro atoms. The number of fused-ring (bicyclic) bond motifs is 1. The molecule has 3 rings (SSSR count). The normalized spacial score (nSPS) is 10.6. The van der Waals surface area contributed by atoms with E-state index in [2.05, 4.69) is 16.1 Å². The molecule has 0 atom stereocenters. The number of hydrogen-bond donors (Lipinski definition) is 1. The van der Waals surface area contributed by atoms with Crippen LogP contribution in [0.2, 0.25) is 0 Å². The molecule has 0 saturated carbocycles. The van der Waals surface area contributed by atoms with Gasteiger partial charge in [0, 0.05) is 22.9 Å².